The average molecular weight is 414 g/mol. The molecule has 0 bridgehead atoms. The van der Waals surface area contributed by atoms with E-state index in [1.807, 2.05) is 4.90 Å². The molecule has 0 aliphatic carbocycles. The van der Waals surface area contributed by atoms with Gasteiger partial charge in [0.2, 0.25) is 5.91 Å². The standard InChI is InChI=1S/C23H35N5O2/c1-2-24-23(25-11-7-13-26-12-6-10-22(26)29)28-17-20-21(18-28)30-15-14-27(20)16-19-8-4-3-5-9-19/h3-5,8-9,20-21H,2,6-7,10-18H2,1H3,(H,24,25). The molecule has 3 saturated heterocycles. The summed E-state index contributed by atoms with van der Waals surface area (Å²) in [5.74, 6) is 1.27. The van der Waals surface area contributed by atoms with E-state index in [1.165, 1.54) is 5.56 Å². The third-order valence-corrected chi connectivity index (χ3v) is 6.30. The fraction of sp³-hybridized carbons (Fsp3) is 0.652. The molecular weight excluding hydrogens is 378 g/mol. The van der Waals surface area contributed by atoms with Gasteiger partial charge in [0.25, 0.3) is 0 Å². The Balaban J connectivity index is 1.34. The molecule has 3 fully saturated rings. The predicted octanol–water partition coefficient (Wildman–Crippen LogP) is 1.55. The molecule has 2 atom stereocenters. The molecule has 30 heavy (non-hydrogen) atoms. The zero-order chi connectivity index (χ0) is 20.8. The number of benzene rings is 1. The van der Waals surface area contributed by atoms with Gasteiger partial charge in [-0.15, -0.1) is 0 Å². The van der Waals surface area contributed by atoms with E-state index < -0.39 is 0 Å². The molecule has 4 rings (SSSR count). The topological polar surface area (TPSA) is 60.4 Å². The van der Waals surface area contributed by atoms with Crippen LogP contribution in [0.3, 0.4) is 0 Å². The molecule has 1 aromatic rings. The van der Waals surface area contributed by atoms with Gasteiger partial charge in [0.1, 0.15) is 0 Å². The van der Waals surface area contributed by atoms with Crippen molar-refractivity contribution in [1.29, 1.82) is 0 Å². The van der Waals surface area contributed by atoms with Gasteiger partial charge in [-0.25, -0.2) is 0 Å². The minimum Gasteiger partial charge on any atom is -0.373 e. The lowest BCUT2D eigenvalue weighted by atomic mass is 10.1. The average Bonchev–Trinajstić information content (AvgIpc) is 3.38. The van der Waals surface area contributed by atoms with E-state index in [0.29, 0.717) is 18.4 Å². The molecule has 0 saturated carbocycles. The summed E-state index contributed by atoms with van der Waals surface area (Å²) in [5.41, 5.74) is 1.36. The number of likely N-dealkylation sites (tertiary alicyclic amines) is 2. The van der Waals surface area contributed by atoms with Crippen molar-refractivity contribution in [3.8, 4) is 0 Å². The van der Waals surface area contributed by atoms with Crippen LogP contribution in [-0.4, -0.2) is 91.1 Å². The Kier molecular flexibility index (Phi) is 7.23. The highest BCUT2D eigenvalue weighted by Crippen LogP contribution is 2.24. The first-order valence-corrected chi connectivity index (χ1v) is 11.4. The van der Waals surface area contributed by atoms with Crippen molar-refractivity contribution in [1.82, 2.24) is 20.0 Å². The Morgan fingerprint density at radius 3 is 2.87 bits per heavy atom. The number of fused-ring (bicyclic) bond motifs is 1. The maximum absolute atomic E-state index is 11.8. The number of hydrogen-bond donors (Lipinski definition) is 1. The number of hydrogen-bond acceptors (Lipinski definition) is 4. The summed E-state index contributed by atoms with van der Waals surface area (Å²) in [6, 6.07) is 11.1. The summed E-state index contributed by atoms with van der Waals surface area (Å²) in [4.78, 5) is 23.5. The van der Waals surface area contributed by atoms with Crippen LogP contribution in [0.4, 0.5) is 0 Å². The summed E-state index contributed by atoms with van der Waals surface area (Å²) in [6.45, 7) is 9.99. The maximum Gasteiger partial charge on any atom is 0.222 e. The summed E-state index contributed by atoms with van der Waals surface area (Å²) < 4.78 is 6.12. The number of ether oxygens (including phenoxy) is 1. The highest BCUT2D eigenvalue weighted by atomic mass is 16.5. The first-order chi connectivity index (χ1) is 14.7. The van der Waals surface area contributed by atoms with Gasteiger partial charge in [-0.05, 0) is 25.3 Å². The van der Waals surface area contributed by atoms with Crippen molar-refractivity contribution in [3.63, 3.8) is 0 Å². The van der Waals surface area contributed by atoms with Gasteiger partial charge in [0.15, 0.2) is 5.96 Å². The number of rotatable bonds is 7. The second kappa shape index (κ2) is 10.3. The molecule has 3 aliphatic heterocycles. The molecule has 1 N–H and O–H groups in total. The molecule has 3 heterocycles. The highest BCUT2D eigenvalue weighted by molar-refractivity contribution is 5.80. The Morgan fingerprint density at radius 2 is 2.10 bits per heavy atom. The van der Waals surface area contributed by atoms with Crippen LogP contribution in [0.5, 0.6) is 0 Å². The van der Waals surface area contributed by atoms with Crippen LogP contribution in [0.1, 0.15) is 31.7 Å². The van der Waals surface area contributed by atoms with Crippen molar-refractivity contribution in [3.05, 3.63) is 35.9 Å². The molecule has 7 nitrogen and oxygen atoms in total. The highest BCUT2D eigenvalue weighted by Gasteiger charge is 2.41. The third-order valence-electron chi connectivity index (χ3n) is 6.30. The van der Waals surface area contributed by atoms with Gasteiger partial charge >= 0.3 is 0 Å². The molecule has 1 aromatic carbocycles. The third kappa shape index (κ3) is 5.13. The second-order valence-corrected chi connectivity index (χ2v) is 8.41. The summed E-state index contributed by atoms with van der Waals surface area (Å²) >= 11 is 0. The monoisotopic (exact) mass is 413 g/mol. The minimum absolute atomic E-state index is 0.230. The van der Waals surface area contributed by atoms with Gasteiger partial charge in [0.05, 0.1) is 18.8 Å². The van der Waals surface area contributed by atoms with Crippen LogP contribution < -0.4 is 5.32 Å². The number of aliphatic imine (C=N–C) groups is 1. The van der Waals surface area contributed by atoms with Crippen molar-refractivity contribution in [2.75, 3.05) is 52.4 Å². The summed E-state index contributed by atoms with van der Waals surface area (Å²) in [5, 5.41) is 3.46. The van der Waals surface area contributed by atoms with Gasteiger partial charge in [0, 0.05) is 58.8 Å². The lowest BCUT2D eigenvalue weighted by molar-refractivity contribution is -0.127. The fourth-order valence-corrected chi connectivity index (χ4v) is 4.76. The lowest BCUT2D eigenvalue weighted by Gasteiger charge is -2.36. The molecule has 164 valence electrons. The van der Waals surface area contributed by atoms with Crippen LogP contribution >= 0.6 is 0 Å². The molecule has 0 spiro atoms. The number of carbonyl (C=O) groups excluding carboxylic acids is 1. The van der Waals surface area contributed by atoms with E-state index in [-0.39, 0.29) is 6.10 Å². The Hall–Kier alpha value is -2.12. The fourth-order valence-electron chi connectivity index (χ4n) is 4.76. The number of nitrogens with zero attached hydrogens (tertiary/aromatic N) is 4. The van der Waals surface area contributed by atoms with Crippen molar-refractivity contribution in [2.24, 2.45) is 4.99 Å². The van der Waals surface area contributed by atoms with Crippen molar-refractivity contribution < 1.29 is 9.53 Å². The summed E-state index contributed by atoms with van der Waals surface area (Å²) in [7, 11) is 0. The van der Waals surface area contributed by atoms with Crippen molar-refractivity contribution >= 4 is 11.9 Å². The number of guanidine groups is 1. The maximum atomic E-state index is 11.8. The van der Waals surface area contributed by atoms with Crippen LogP contribution in [0.15, 0.2) is 35.3 Å². The number of amides is 1. The normalized spacial score (nSPS) is 25.1. The van der Waals surface area contributed by atoms with E-state index in [1.54, 1.807) is 0 Å². The predicted molar refractivity (Wildman–Crippen MR) is 118 cm³/mol. The Labute approximate surface area is 180 Å². The molecular formula is C23H35N5O2. The molecule has 2 unspecified atom stereocenters. The Bertz CT molecular complexity index is 726. The van der Waals surface area contributed by atoms with E-state index >= 15 is 0 Å². The quantitative estimate of drug-likeness (QED) is 0.418. The molecule has 3 aliphatic rings. The molecule has 1 amide bonds. The van der Waals surface area contributed by atoms with E-state index in [4.69, 9.17) is 9.73 Å². The van der Waals surface area contributed by atoms with E-state index in [9.17, 15) is 4.79 Å². The van der Waals surface area contributed by atoms with Gasteiger partial charge in [-0.1, -0.05) is 30.3 Å². The van der Waals surface area contributed by atoms with Crippen LogP contribution in [0.2, 0.25) is 0 Å². The van der Waals surface area contributed by atoms with E-state index in [0.717, 1.165) is 77.8 Å². The van der Waals surface area contributed by atoms with Crippen LogP contribution in [0, 0.1) is 0 Å². The number of morpholine rings is 1. The minimum atomic E-state index is 0.230. The molecule has 0 aromatic heterocycles. The molecule has 0 radical (unpaired) electrons. The first kappa shape index (κ1) is 21.1. The lowest BCUT2D eigenvalue weighted by Crippen LogP contribution is -2.50. The largest absolute Gasteiger partial charge is 0.373 e. The summed E-state index contributed by atoms with van der Waals surface area (Å²) in [6.07, 6.45) is 2.86. The van der Waals surface area contributed by atoms with Gasteiger partial charge in [-0.2, -0.15) is 0 Å². The zero-order valence-electron chi connectivity index (χ0n) is 18.1. The van der Waals surface area contributed by atoms with Gasteiger partial charge < -0.3 is 19.9 Å². The van der Waals surface area contributed by atoms with E-state index in [2.05, 4.69) is 52.4 Å². The first-order valence-electron chi connectivity index (χ1n) is 11.4. The molecule has 7 heteroatoms. The van der Waals surface area contributed by atoms with Crippen LogP contribution in [0.25, 0.3) is 0 Å². The van der Waals surface area contributed by atoms with Gasteiger partial charge in [-0.3, -0.25) is 14.7 Å². The SMILES string of the molecule is CCNC(=NCCCN1CCCC1=O)N1CC2OCCN(Cc3ccccc3)C2C1. The van der Waals surface area contributed by atoms with Crippen molar-refractivity contribution in [2.45, 2.75) is 44.9 Å². The second-order valence-electron chi connectivity index (χ2n) is 8.41. The number of nitrogens with one attached hydrogen (secondary N) is 1. The number of carbonyl (C=O) groups is 1. The smallest absolute Gasteiger partial charge is 0.222 e. The zero-order valence-corrected chi connectivity index (χ0v) is 18.1. The van der Waals surface area contributed by atoms with Crippen LogP contribution in [-0.2, 0) is 16.1 Å². The Morgan fingerprint density at radius 1 is 1.23 bits per heavy atom.